The summed E-state index contributed by atoms with van der Waals surface area (Å²) in [5.41, 5.74) is 0.440. The van der Waals surface area contributed by atoms with Crippen LogP contribution in [0.5, 0.6) is 5.75 Å². The molecule has 0 bridgehead atoms. The van der Waals surface area contributed by atoms with Crippen molar-refractivity contribution >= 4 is 0 Å². The molecule has 2 aromatic carbocycles. The van der Waals surface area contributed by atoms with Crippen LogP contribution < -0.4 is 4.74 Å². The zero-order chi connectivity index (χ0) is 20.1. The van der Waals surface area contributed by atoms with Crippen LogP contribution in [0, 0.1) is 17.5 Å². The molecule has 0 radical (unpaired) electrons. The number of hydrogen-bond acceptors (Lipinski definition) is 3. The molecule has 0 aromatic heterocycles. The Morgan fingerprint density at radius 2 is 1.86 bits per heavy atom. The van der Waals surface area contributed by atoms with E-state index in [4.69, 9.17) is 14.2 Å². The second-order valence-corrected chi connectivity index (χ2v) is 6.80. The first-order chi connectivity index (χ1) is 13.5. The van der Waals surface area contributed by atoms with Crippen molar-refractivity contribution in [2.45, 2.75) is 45.3 Å². The summed E-state index contributed by atoms with van der Waals surface area (Å²) in [6.45, 7) is 5.16. The average molecular weight is 394 g/mol. The zero-order valence-electron chi connectivity index (χ0n) is 16.1. The number of benzene rings is 2. The first kappa shape index (κ1) is 20.7. The molecular formula is C22H25F3O3. The Bertz CT molecular complexity index is 802. The van der Waals surface area contributed by atoms with Gasteiger partial charge >= 0.3 is 0 Å². The number of hydrogen-bond donors (Lipinski definition) is 0. The molecule has 0 spiro atoms. The van der Waals surface area contributed by atoms with Crippen molar-refractivity contribution in [2.24, 2.45) is 0 Å². The van der Waals surface area contributed by atoms with Gasteiger partial charge in [-0.05, 0) is 43.9 Å². The monoisotopic (exact) mass is 394 g/mol. The van der Waals surface area contributed by atoms with E-state index in [1.807, 2.05) is 13.8 Å². The van der Waals surface area contributed by atoms with Crippen LogP contribution in [0.2, 0.25) is 0 Å². The van der Waals surface area contributed by atoms with Crippen LogP contribution in [0.3, 0.4) is 0 Å². The second kappa shape index (κ2) is 9.43. The summed E-state index contributed by atoms with van der Waals surface area (Å²) in [7, 11) is 0. The van der Waals surface area contributed by atoms with Crippen LogP contribution in [-0.2, 0) is 9.47 Å². The summed E-state index contributed by atoms with van der Waals surface area (Å²) in [5.74, 6) is -2.46. The maximum Gasteiger partial charge on any atom is 0.167 e. The van der Waals surface area contributed by atoms with Crippen LogP contribution in [0.15, 0.2) is 30.3 Å². The standard InChI is InChI=1S/C22H25F3O3/c1-3-11-27-20-9-5-14(12-18(20)23)16-7-8-17(22(25)21(16)24)19-10-6-15(13-28-19)26-4-2/h5,7-9,12,15,19H,3-4,6,10-11,13H2,1-2H3. The lowest BCUT2D eigenvalue weighted by atomic mass is 9.96. The fourth-order valence-corrected chi connectivity index (χ4v) is 3.37. The van der Waals surface area contributed by atoms with Crippen LogP contribution in [0.25, 0.3) is 11.1 Å². The molecule has 0 N–H and O–H groups in total. The van der Waals surface area contributed by atoms with Gasteiger partial charge in [-0.2, -0.15) is 0 Å². The van der Waals surface area contributed by atoms with E-state index in [0.717, 1.165) is 18.9 Å². The van der Waals surface area contributed by atoms with Gasteiger partial charge < -0.3 is 14.2 Å². The number of ether oxygens (including phenoxy) is 3. The lowest BCUT2D eigenvalue weighted by molar-refractivity contribution is -0.0850. The van der Waals surface area contributed by atoms with Crippen molar-refractivity contribution in [3.05, 3.63) is 53.3 Å². The predicted octanol–water partition coefficient (Wildman–Crippen LogP) is 5.82. The summed E-state index contributed by atoms with van der Waals surface area (Å²) < 4.78 is 60.1. The molecule has 28 heavy (non-hydrogen) atoms. The molecule has 1 heterocycles. The largest absolute Gasteiger partial charge is 0.491 e. The topological polar surface area (TPSA) is 27.7 Å². The molecule has 2 atom stereocenters. The highest BCUT2D eigenvalue weighted by molar-refractivity contribution is 5.66. The van der Waals surface area contributed by atoms with Crippen molar-refractivity contribution in [2.75, 3.05) is 19.8 Å². The molecular weight excluding hydrogens is 369 g/mol. The third kappa shape index (κ3) is 4.50. The molecule has 152 valence electrons. The van der Waals surface area contributed by atoms with Gasteiger partial charge in [-0.15, -0.1) is 0 Å². The Kier molecular flexibility index (Phi) is 6.97. The van der Waals surface area contributed by atoms with Gasteiger partial charge in [-0.3, -0.25) is 0 Å². The highest BCUT2D eigenvalue weighted by Crippen LogP contribution is 2.35. The maximum atomic E-state index is 14.7. The molecule has 0 saturated carbocycles. The lowest BCUT2D eigenvalue weighted by Crippen LogP contribution is -2.28. The molecule has 1 fully saturated rings. The first-order valence-electron chi connectivity index (χ1n) is 9.68. The van der Waals surface area contributed by atoms with E-state index in [1.54, 1.807) is 0 Å². The molecule has 2 aromatic rings. The lowest BCUT2D eigenvalue weighted by Gasteiger charge is -2.29. The highest BCUT2D eigenvalue weighted by atomic mass is 19.2. The van der Waals surface area contributed by atoms with Crippen molar-refractivity contribution in [3.63, 3.8) is 0 Å². The summed E-state index contributed by atoms with van der Waals surface area (Å²) in [4.78, 5) is 0. The van der Waals surface area contributed by atoms with E-state index in [-0.39, 0.29) is 28.5 Å². The Morgan fingerprint density at radius 3 is 2.50 bits per heavy atom. The minimum atomic E-state index is -1.00. The minimum absolute atomic E-state index is 0.00481. The van der Waals surface area contributed by atoms with Crippen molar-refractivity contribution in [1.82, 2.24) is 0 Å². The van der Waals surface area contributed by atoms with Gasteiger partial charge in [-0.1, -0.05) is 25.1 Å². The quantitative estimate of drug-likeness (QED) is 0.593. The van der Waals surface area contributed by atoms with Gasteiger partial charge in [0.2, 0.25) is 0 Å². The summed E-state index contributed by atoms with van der Waals surface area (Å²) in [6.07, 6.45) is 1.51. The van der Waals surface area contributed by atoms with Gasteiger partial charge in [0, 0.05) is 17.7 Å². The Balaban J connectivity index is 1.80. The first-order valence-corrected chi connectivity index (χ1v) is 9.68. The smallest absolute Gasteiger partial charge is 0.167 e. The summed E-state index contributed by atoms with van der Waals surface area (Å²) in [5, 5.41) is 0. The zero-order valence-corrected chi connectivity index (χ0v) is 16.1. The van der Waals surface area contributed by atoms with E-state index < -0.39 is 23.6 Å². The van der Waals surface area contributed by atoms with Crippen LogP contribution in [-0.4, -0.2) is 25.9 Å². The molecule has 0 aliphatic carbocycles. The van der Waals surface area contributed by atoms with E-state index in [1.165, 1.54) is 24.3 Å². The van der Waals surface area contributed by atoms with Gasteiger partial charge in [0.1, 0.15) is 0 Å². The third-order valence-corrected chi connectivity index (χ3v) is 4.80. The van der Waals surface area contributed by atoms with E-state index >= 15 is 0 Å². The van der Waals surface area contributed by atoms with Crippen LogP contribution >= 0.6 is 0 Å². The van der Waals surface area contributed by atoms with Gasteiger partial charge in [0.15, 0.2) is 23.2 Å². The molecule has 1 aliphatic heterocycles. The molecule has 2 unspecified atom stereocenters. The van der Waals surface area contributed by atoms with Crippen LogP contribution in [0.4, 0.5) is 13.2 Å². The van der Waals surface area contributed by atoms with Gasteiger partial charge in [0.05, 0.1) is 25.4 Å². The second-order valence-electron chi connectivity index (χ2n) is 6.80. The van der Waals surface area contributed by atoms with E-state index in [9.17, 15) is 13.2 Å². The summed E-state index contributed by atoms with van der Waals surface area (Å²) in [6, 6.07) is 7.09. The van der Waals surface area contributed by atoms with Crippen molar-refractivity contribution in [1.29, 1.82) is 0 Å². The Labute approximate surface area is 163 Å². The SMILES string of the molecule is CCCOc1ccc(-c2ccc(C3CCC(OCC)CO3)c(F)c2F)cc1F. The van der Waals surface area contributed by atoms with Gasteiger partial charge in [0.25, 0.3) is 0 Å². The third-order valence-electron chi connectivity index (χ3n) is 4.80. The molecule has 3 nitrogen and oxygen atoms in total. The number of rotatable bonds is 7. The van der Waals surface area contributed by atoms with E-state index in [2.05, 4.69) is 0 Å². The number of halogens is 3. The highest BCUT2D eigenvalue weighted by Gasteiger charge is 2.27. The average Bonchev–Trinajstić information content (AvgIpc) is 2.70. The van der Waals surface area contributed by atoms with E-state index in [0.29, 0.717) is 26.2 Å². The molecule has 1 aliphatic rings. The summed E-state index contributed by atoms with van der Waals surface area (Å²) >= 11 is 0. The Morgan fingerprint density at radius 1 is 1.04 bits per heavy atom. The van der Waals surface area contributed by atoms with Crippen LogP contribution in [0.1, 0.15) is 44.8 Å². The fraction of sp³-hybridized carbons (Fsp3) is 0.455. The Hall–Kier alpha value is -2.05. The molecule has 0 amide bonds. The normalized spacial score (nSPS) is 19.6. The predicted molar refractivity (Wildman–Crippen MR) is 101 cm³/mol. The molecule has 3 rings (SSSR count). The maximum absolute atomic E-state index is 14.7. The van der Waals surface area contributed by atoms with Crippen molar-refractivity contribution < 1.29 is 27.4 Å². The minimum Gasteiger partial charge on any atom is -0.491 e. The molecule has 1 saturated heterocycles. The fourth-order valence-electron chi connectivity index (χ4n) is 3.37. The van der Waals surface area contributed by atoms with Gasteiger partial charge in [-0.25, -0.2) is 13.2 Å². The molecule has 6 heteroatoms. The van der Waals surface area contributed by atoms with Crippen molar-refractivity contribution in [3.8, 4) is 16.9 Å².